The number of nitrogens with zero attached hydrogens (tertiary/aromatic N) is 3. The average Bonchev–Trinajstić information content (AvgIpc) is 2.36. The molecule has 0 atom stereocenters. The van der Waals surface area contributed by atoms with Crippen molar-refractivity contribution in [2.75, 3.05) is 0 Å². The first-order valence-electron chi connectivity index (χ1n) is 5.45. The first-order valence-corrected chi connectivity index (χ1v) is 6.62. The zero-order valence-electron chi connectivity index (χ0n) is 9.62. The van der Waals surface area contributed by atoms with Gasteiger partial charge in [0.05, 0.1) is 16.4 Å². The first-order chi connectivity index (χ1) is 8.61. The average molecular weight is 331 g/mol. The van der Waals surface area contributed by atoms with Gasteiger partial charge in [-0.05, 0) is 34.5 Å². The normalized spacial score (nSPS) is 10.7. The van der Waals surface area contributed by atoms with Crippen molar-refractivity contribution in [3.63, 3.8) is 0 Å². The highest BCUT2D eigenvalue weighted by Gasteiger charge is 2.12. The fraction of sp³-hybridized carbons (Fsp3) is 0.250. The van der Waals surface area contributed by atoms with Crippen LogP contribution in [0.4, 0.5) is 4.39 Å². The first kappa shape index (κ1) is 13.4. The van der Waals surface area contributed by atoms with E-state index in [2.05, 4.69) is 37.8 Å². The number of aromatic nitrogens is 3. The molecule has 2 aromatic heterocycles. The Kier molecular flexibility index (Phi) is 4.24. The van der Waals surface area contributed by atoms with Crippen molar-refractivity contribution in [3.05, 3.63) is 39.5 Å². The van der Waals surface area contributed by atoms with E-state index in [1.807, 2.05) is 0 Å². The van der Waals surface area contributed by atoms with Crippen molar-refractivity contribution in [2.45, 2.75) is 19.8 Å². The van der Waals surface area contributed by atoms with Crippen LogP contribution in [0.5, 0.6) is 0 Å². The van der Waals surface area contributed by atoms with Crippen LogP contribution in [0.15, 0.2) is 22.8 Å². The van der Waals surface area contributed by atoms with E-state index in [0.29, 0.717) is 21.1 Å². The molecule has 2 heterocycles. The van der Waals surface area contributed by atoms with Crippen molar-refractivity contribution < 1.29 is 4.39 Å². The van der Waals surface area contributed by atoms with Crippen molar-refractivity contribution in [1.82, 2.24) is 15.0 Å². The minimum atomic E-state index is -0.393. The van der Waals surface area contributed by atoms with E-state index in [4.69, 9.17) is 11.6 Å². The predicted molar refractivity (Wildman–Crippen MR) is 71.9 cm³/mol. The van der Waals surface area contributed by atoms with Gasteiger partial charge in [-0.25, -0.2) is 19.3 Å². The van der Waals surface area contributed by atoms with E-state index >= 15 is 0 Å². The Hall–Kier alpha value is -1.07. The maximum absolute atomic E-state index is 12.8. The lowest BCUT2D eigenvalue weighted by molar-refractivity contribution is 0.621. The van der Waals surface area contributed by atoms with Gasteiger partial charge in [-0.2, -0.15) is 0 Å². The molecule has 0 spiro atoms. The van der Waals surface area contributed by atoms with Crippen LogP contribution in [-0.2, 0) is 6.42 Å². The quantitative estimate of drug-likeness (QED) is 0.797. The summed E-state index contributed by atoms with van der Waals surface area (Å²) in [6, 6.07) is 2.85. The lowest BCUT2D eigenvalue weighted by Crippen LogP contribution is -1.99. The van der Waals surface area contributed by atoms with E-state index in [0.717, 1.165) is 24.7 Å². The van der Waals surface area contributed by atoms with Gasteiger partial charge >= 0.3 is 0 Å². The number of hydrogen-bond acceptors (Lipinski definition) is 3. The van der Waals surface area contributed by atoms with Crippen LogP contribution in [0.25, 0.3) is 11.5 Å². The second kappa shape index (κ2) is 5.71. The second-order valence-electron chi connectivity index (χ2n) is 3.71. The Labute approximate surface area is 118 Å². The third-order valence-corrected chi connectivity index (χ3v) is 3.66. The van der Waals surface area contributed by atoms with Gasteiger partial charge in [0.2, 0.25) is 0 Å². The lowest BCUT2D eigenvalue weighted by atomic mass is 10.2. The summed E-state index contributed by atoms with van der Waals surface area (Å²) in [5.74, 6) is 0.0161. The van der Waals surface area contributed by atoms with Crippen molar-refractivity contribution in [2.24, 2.45) is 0 Å². The molecule has 0 saturated carbocycles. The summed E-state index contributed by atoms with van der Waals surface area (Å²) in [4.78, 5) is 12.5. The molecule has 0 fully saturated rings. The molecule has 0 saturated heterocycles. The van der Waals surface area contributed by atoms with Gasteiger partial charge in [0, 0.05) is 0 Å². The van der Waals surface area contributed by atoms with E-state index in [1.54, 1.807) is 0 Å². The van der Waals surface area contributed by atoms with Crippen molar-refractivity contribution in [3.8, 4) is 11.5 Å². The summed E-state index contributed by atoms with van der Waals surface area (Å²) in [5.41, 5.74) is 1.33. The van der Waals surface area contributed by atoms with Gasteiger partial charge in [0.25, 0.3) is 0 Å². The molecule has 0 radical (unpaired) electrons. The number of halogens is 3. The Bertz CT molecular complexity index is 560. The molecule has 3 nitrogen and oxygen atoms in total. The van der Waals surface area contributed by atoms with E-state index in [-0.39, 0.29) is 0 Å². The molecule has 0 aliphatic rings. The molecule has 0 amide bonds. The largest absolute Gasteiger partial charge is 0.250 e. The van der Waals surface area contributed by atoms with Gasteiger partial charge in [0.1, 0.15) is 16.7 Å². The monoisotopic (exact) mass is 329 g/mol. The summed E-state index contributed by atoms with van der Waals surface area (Å²) in [6.07, 6.45) is 2.87. The molecule has 18 heavy (non-hydrogen) atoms. The highest BCUT2D eigenvalue weighted by molar-refractivity contribution is 9.10. The molecule has 2 aromatic rings. The maximum Gasteiger partial charge on any atom is 0.179 e. The van der Waals surface area contributed by atoms with Crippen LogP contribution in [0.3, 0.4) is 0 Å². The molecular weight excluding hydrogens is 321 g/mol. The number of pyridine rings is 1. The smallest absolute Gasteiger partial charge is 0.179 e. The maximum atomic E-state index is 12.8. The third kappa shape index (κ3) is 2.84. The topological polar surface area (TPSA) is 38.7 Å². The van der Waals surface area contributed by atoms with E-state index in [9.17, 15) is 4.39 Å². The molecule has 0 N–H and O–H groups in total. The highest BCUT2D eigenvalue weighted by Crippen LogP contribution is 2.27. The SMILES string of the molecule is CCCc1nc(-c2ccc(F)cn2)nc(Cl)c1Br. The number of hydrogen-bond donors (Lipinski definition) is 0. The fourth-order valence-corrected chi connectivity index (χ4v) is 2.05. The van der Waals surface area contributed by atoms with Gasteiger partial charge in [-0.3, -0.25) is 0 Å². The van der Waals surface area contributed by atoms with Crippen LogP contribution in [0.2, 0.25) is 5.15 Å². The standard InChI is InChI=1S/C12H10BrClFN3/c1-2-3-8-10(13)11(14)18-12(17-8)9-5-4-7(15)6-16-9/h4-6H,2-3H2,1H3. The summed E-state index contributed by atoms with van der Waals surface area (Å²) in [5, 5.41) is 0.342. The Morgan fingerprint density at radius 2 is 2.11 bits per heavy atom. The van der Waals surface area contributed by atoms with Crippen LogP contribution < -0.4 is 0 Å². The minimum absolute atomic E-state index is 0.342. The van der Waals surface area contributed by atoms with Gasteiger partial charge in [0.15, 0.2) is 5.82 Å². The van der Waals surface area contributed by atoms with E-state index < -0.39 is 5.82 Å². The van der Waals surface area contributed by atoms with Crippen molar-refractivity contribution in [1.29, 1.82) is 0 Å². The Morgan fingerprint density at radius 3 is 2.72 bits per heavy atom. The van der Waals surface area contributed by atoms with Crippen LogP contribution in [0.1, 0.15) is 19.0 Å². The number of aryl methyl sites for hydroxylation is 1. The third-order valence-electron chi connectivity index (χ3n) is 2.32. The Balaban J connectivity index is 2.48. The summed E-state index contributed by atoms with van der Waals surface area (Å²) < 4.78 is 13.5. The Morgan fingerprint density at radius 1 is 1.33 bits per heavy atom. The fourth-order valence-electron chi connectivity index (χ4n) is 1.49. The zero-order valence-corrected chi connectivity index (χ0v) is 12.0. The second-order valence-corrected chi connectivity index (χ2v) is 4.86. The zero-order chi connectivity index (χ0) is 13.1. The highest BCUT2D eigenvalue weighted by atomic mass is 79.9. The van der Waals surface area contributed by atoms with Gasteiger partial charge in [-0.1, -0.05) is 24.9 Å². The molecule has 2 rings (SSSR count). The summed E-state index contributed by atoms with van der Waals surface area (Å²) in [6.45, 7) is 2.05. The molecule has 0 aliphatic heterocycles. The molecule has 6 heteroatoms. The van der Waals surface area contributed by atoms with Crippen LogP contribution in [-0.4, -0.2) is 15.0 Å². The number of rotatable bonds is 3. The molecular formula is C12H10BrClFN3. The summed E-state index contributed by atoms with van der Waals surface area (Å²) in [7, 11) is 0. The molecule has 0 aliphatic carbocycles. The molecule has 0 bridgehead atoms. The predicted octanol–water partition coefficient (Wildman–Crippen LogP) is 4.05. The minimum Gasteiger partial charge on any atom is -0.250 e. The van der Waals surface area contributed by atoms with E-state index in [1.165, 1.54) is 12.1 Å². The van der Waals surface area contributed by atoms with Crippen LogP contribution in [0, 0.1) is 5.82 Å². The van der Waals surface area contributed by atoms with Gasteiger partial charge < -0.3 is 0 Å². The molecule has 94 valence electrons. The lowest BCUT2D eigenvalue weighted by Gasteiger charge is -2.06. The molecule has 0 aromatic carbocycles. The summed E-state index contributed by atoms with van der Waals surface area (Å²) >= 11 is 9.40. The van der Waals surface area contributed by atoms with Gasteiger partial charge in [-0.15, -0.1) is 0 Å². The van der Waals surface area contributed by atoms with Crippen LogP contribution >= 0.6 is 27.5 Å². The van der Waals surface area contributed by atoms with Crippen molar-refractivity contribution >= 4 is 27.5 Å². The molecule has 0 unspecified atom stereocenters.